The summed E-state index contributed by atoms with van der Waals surface area (Å²) in [6, 6.07) is 8.74. The van der Waals surface area contributed by atoms with E-state index in [1.54, 1.807) is 9.80 Å². The first-order valence-corrected chi connectivity index (χ1v) is 13.1. The highest BCUT2D eigenvalue weighted by Crippen LogP contribution is 2.42. The van der Waals surface area contributed by atoms with Crippen LogP contribution in [-0.2, 0) is 33.6 Å². The maximum absolute atomic E-state index is 13.6. The summed E-state index contributed by atoms with van der Waals surface area (Å²) < 4.78 is 46.5. The molecule has 2 amide bonds. The lowest BCUT2D eigenvalue weighted by Crippen LogP contribution is -2.42. The van der Waals surface area contributed by atoms with Gasteiger partial charge in [0.1, 0.15) is 13.2 Å². The van der Waals surface area contributed by atoms with Crippen molar-refractivity contribution in [2.24, 2.45) is 0 Å². The molecule has 2 aromatic rings. The van der Waals surface area contributed by atoms with Gasteiger partial charge >= 0.3 is 6.18 Å². The minimum Gasteiger partial charge on any atom is -0.375 e. The second-order valence-electron chi connectivity index (χ2n) is 10.3. The van der Waals surface area contributed by atoms with Crippen molar-refractivity contribution < 1.29 is 27.5 Å². The molecule has 1 aromatic heterocycles. The molecule has 2 heterocycles. The molecule has 1 aromatic carbocycles. The average Bonchev–Trinajstić information content (AvgIpc) is 3.61. The van der Waals surface area contributed by atoms with Crippen molar-refractivity contribution >= 4 is 17.5 Å². The molecule has 1 saturated carbocycles. The normalized spacial score (nSPS) is 17.9. The van der Waals surface area contributed by atoms with Gasteiger partial charge in [-0.05, 0) is 50.8 Å². The first-order valence-electron chi connectivity index (χ1n) is 13.1. The maximum atomic E-state index is 13.6. The van der Waals surface area contributed by atoms with Gasteiger partial charge in [0.15, 0.2) is 5.69 Å². The Morgan fingerprint density at radius 1 is 1.08 bits per heavy atom. The summed E-state index contributed by atoms with van der Waals surface area (Å²) in [6.07, 6.45) is -2.23. The SMILES string of the molecule is COCC(=O)N1CCCN(C(C)C)CCN(C(=O)Cn2nc(C(F)(F)F)cc2C2CC2)Cc2ccccc21. The van der Waals surface area contributed by atoms with Crippen LogP contribution in [0, 0.1) is 0 Å². The lowest BCUT2D eigenvalue weighted by atomic mass is 10.1. The monoisotopic (exact) mass is 535 g/mol. The van der Waals surface area contributed by atoms with Crippen molar-refractivity contribution in [3.8, 4) is 0 Å². The Bertz CT molecular complexity index is 1130. The van der Waals surface area contributed by atoms with Crippen LogP contribution < -0.4 is 4.90 Å². The molecule has 0 unspecified atom stereocenters. The second-order valence-corrected chi connectivity index (χ2v) is 10.3. The molecule has 38 heavy (non-hydrogen) atoms. The van der Waals surface area contributed by atoms with Crippen LogP contribution in [0.3, 0.4) is 0 Å². The van der Waals surface area contributed by atoms with Crippen LogP contribution in [0.4, 0.5) is 18.9 Å². The number of carbonyl (C=O) groups excluding carboxylic acids is 2. The number of para-hydroxylation sites is 1. The van der Waals surface area contributed by atoms with E-state index in [0.29, 0.717) is 31.0 Å². The van der Waals surface area contributed by atoms with Gasteiger partial charge in [0.2, 0.25) is 5.91 Å². The number of fused-ring (bicyclic) bond motifs is 1. The summed E-state index contributed by atoms with van der Waals surface area (Å²) in [4.78, 5) is 32.2. The van der Waals surface area contributed by atoms with E-state index in [1.807, 2.05) is 24.3 Å². The van der Waals surface area contributed by atoms with E-state index in [4.69, 9.17) is 4.74 Å². The topological polar surface area (TPSA) is 70.9 Å². The first kappa shape index (κ1) is 28.1. The third-order valence-electron chi connectivity index (χ3n) is 7.16. The van der Waals surface area contributed by atoms with Gasteiger partial charge in [0, 0.05) is 63.2 Å². The smallest absolute Gasteiger partial charge is 0.375 e. The molecule has 2 aliphatic rings. The molecule has 208 valence electrons. The van der Waals surface area contributed by atoms with E-state index in [0.717, 1.165) is 37.4 Å². The van der Waals surface area contributed by atoms with Gasteiger partial charge in [-0.15, -0.1) is 0 Å². The average molecular weight is 536 g/mol. The Balaban J connectivity index is 1.65. The Labute approximate surface area is 221 Å². The van der Waals surface area contributed by atoms with E-state index in [1.165, 1.54) is 11.8 Å². The molecule has 0 bridgehead atoms. The van der Waals surface area contributed by atoms with Crippen LogP contribution in [-0.4, -0.2) is 77.3 Å². The fourth-order valence-corrected chi connectivity index (χ4v) is 4.93. The van der Waals surface area contributed by atoms with Crippen LogP contribution in [0.1, 0.15) is 56.0 Å². The van der Waals surface area contributed by atoms with Crippen LogP contribution in [0.25, 0.3) is 0 Å². The molecular formula is C27H36F3N5O3. The number of rotatable bonds is 6. The third kappa shape index (κ3) is 6.74. The standard InChI is InChI=1S/C27H36F3N5O3/c1-19(2)32-11-6-12-34(26(37)18-38-3)22-8-5-4-7-21(22)16-33(14-13-32)25(36)17-35-23(20-9-10-20)15-24(31-35)27(28,29)30/h4-5,7-8,15,19-20H,6,9-14,16-18H2,1-3H3. The predicted octanol–water partition coefficient (Wildman–Crippen LogP) is 3.90. The molecule has 1 fully saturated rings. The zero-order chi connectivity index (χ0) is 27.4. The lowest BCUT2D eigenvalue weighted by Gasteiger charge is -2.30. The number of hydrogen-bond donors (Lipinski definition) is 0. The fraction of sp³-hybridized carbons (Fsp3) is 0.593. The van der Waals surface area contributed by atoms with Gasteiger partial charge in [-0.3, -0.25) is 19.2 Å². The van der Waals surface area contributed by atoms with Crippen LogP contribution in [0.2, 0.25) is 0 Å². The molecule has 4 rings (SSSR count). The summed E-state index contributed by atoms with van der Waals surface area (Å²) in [5.41, 5.74) is 1.00. The Kier molecular flexibility index (Phi) is 8.77. The molecule has 1 aliphatic heterocycles. The summed E-state index contributed by atoms with van der Waals surface area (Å²) >= 11 is 0. The van der Waals surface area contributed by atoms with Crippen molar-refractivity contribution in [3.05, 3.63) is 47.3 Å². The molecule has 0 saturated heterocycles. The highest BCUT2D eigenvalue weighted by Gasteiger charge is 2.38. The first-order chi connectivity index (χ1) is 18.1. The lowest BCUT2D eigenvalue weighted by molar-refractivity contribution is -0.142. The second kappa shape index (κ2) is 11.9. The Morgan fingerprint density at radius 3 is 2.47 bits per heavy atom. The number of aromatic nitrogens is 2. The van der Waals surface area contributed by atoms with Crippen molar-refractivity contribution in [1.29, 1.82) is 0 Å². The molecule has 8 nitrogen and oxygen atoms in total. The quantitative estimate of drug-likeness (QED) is 0.561. The summed E-state index contributed by atoms with van der Waals surface area (Å²) in [5, 5.41) is 3.78. The van der Waals surface area contributed by atoms with Crippen molar-refractivity contribution in [3.63, 3.8) is 0 Å². The van der Waals surface area contributed by atoms with Gasteiger partial charge in [-0.25, -0.2) is 0 Å². The highest BCUT2D eigenvalue weighted by atomic mass is 19.4. The number of nitrogens with zero attached hydrogens (tertiary/aromatic N) is 5. The van der Waals surface area contributed by atoms with Crippen LogP contribution in [0.5, 0.6) is 0 Å². The largest absolute Gasteiger partial charge is 0.435 e. The van der Waals surface area contributed by atoms with Crippen molar-refractivity contribution in [2.75, 3.05) is 44.8 Å². The van der Waals surface area contributed by atoms with E-state index in [-0.39, 0.29) is 43.5 Å². The van der Waals surface area contributed by atoms with Crippen LogP contribution in [0.15, 0.2) is 30.3 Å². The van der Waals surface area contributed by atoms with Gasteiger partial charge in [0.25, 0.3) is 5.91 Å². The van der Waals surface area contributed by atoms with E-state index in [2.05, 4.69) is 23.8 Å². The summed E-state index contributed by atoms with van der Waals surface area (Å²) in [6.45, 7) is 6.33. The number of methoxy groups -OCH3 is 1. The predicted molar refractivity (Wildman–Crippen MR) is 137 cm³/mol. The minimum atomic E-state index is -4.57. The maximum Gasteiger partial charge on any atom is 0.435 e. The van der Waals surface area contributed by atoms with Gasteiger partial charge in [0.05, 0.1) is 0 Å². The highest BCUT2D eigenvalue weighted by molar-refractivity contribution is 5.95. The summed E-state index contributed by atoms with van der Waals surface area (Å²) in [5.74, 6) is -0.471. The molecule has 11 heteroatoms. The van der Waals surface area contributed by atoms with Gasteiger partial charge in [-0.2, -0.15) is 18.3 Å². The number of anilines is 1. The fourth-order valence-electron chi connectivity index (χ4n) is 4.93. The number of hydrogen-bond acceptors (Lipinski definition) is 5. The Morgan fingerprint density at radius 2 is 1.82 bits per heavy atom. The zero-order valence-corrected chi connectivity index (χ0v) is 22.2. The van der Waals surface area contributed by atoms with Gasteiger partial charge in [-0.1, -0.05) is 18.2 Å². The van der Waals surface area contributed by atoms with Crippen molar-refractivity contribution in [2.45, 2.75) is 64.3 Å². The molecular weight excluding hydrogens is 499 g/mol. The third-order valence-corrected chi connectivity index (χ3v) is 7.16. The van der Waals surface area contributed by atoms with E-state index < -0.39 is 11.9 Å². The molecule has 0 N–H and O–H groups in total. The molecule has 1 aliphatic carbocycles. The molecule has 0 spiro atoms. The van der Waals surface area contributed by atoms with E-state index in [9.17, 15) is 22.8 Å². The Hall–Kier alpha value is -2.92. The zero-order valence-electron chi connectivity index (χ0n) is 22.2. The molecule has 0 radical (unpaired) electrons. The number of amides is 2. The van der Waals surface area contributed by atoms with E-state index >= 15 is 0 Å². The van der Waals surface area contributed by atoms with Gasteiger partial charge < -0.3 is 14.5 Å². The number of alkyl halides is 3. The number of halogens is 3. The van der Waals surface area contributed by atoms with Crippen LogP contribution >= 0.6 is 0 Å². The number of benzene rings is 1. The number of ether oxygens (including phenoxy) is 1. The van der Waals surface area contributed by atoms with Crippen molar-refractivity contribution in [1.82, 2.24) is 19.6 Å². The summed E-state index contributed by atoms with van der Waals surface area (Å²) in [7, 11) is 1.48. The molecule has 0 atom stereocenters. The minimum absolute atomic E-state index is 0.00599. The number of carbonyl (C=O) groups is 2.